The van der Waals surface area contributed by atoms with E-state index in [1.165, 1.54) is 0 Å². The average molecular weight is 246 g/mol. The molecule has 1 N–H and O–H groups in total. The van der Waals surface area contributed by atoms with Gasteiger partial charge >= 0.3 is 0 Å². The van der Waals surface area contributed by atoms with Gasteiger partial charge < -0.3 is 15.0 Å². The number of amides is 1. The van der Waals surface area contributed by atoms with Gasteiger partial charge in [-0.15, -0.1) is 0 Å². The van der Waals surface area contributed by atoms with Crippen LogP contribution in [0.4, 0.5) is 0 Å². The minimum atomic E-state index is 0.135. The van der Waals surface area contributed by atoms with Crippen molar-refractivity contribution in [2.75, 3.05) is 26.2 Å². The van der Waals surface area contributed by atoms with Gasteiger partial charge in [0.05, 0.1) is 18.8 Å². The summed E-state index contributed by atoms with van der Waals surface area (Å²) in [6, 6.07) is 9.75. The van der Waals surface area contributed by atoms with Crippen molar-refractivity contribution in [3.8, 4) is 0 Å². The second-order valence-electron chi connectivity index (χ2n) is 4.83. The zero-order valence-corrected chi connectivity index (χ0v) is 10.3. The van der Waals surface area contributed by atoms with Crippen LogP contribution in [0.2, 0.25) is 0 Å². The lowest BCUT2D eigenvalue weighted by Gasteiger charge is -2.44. The lowest BCUT2D eigenvalue weighted by atomic mass is 9.99. The summed E-state index contributed by atoms with van der Waals surface area (Å²) >= 11 is 0. The van der Waals surface area contributed by atoms with Crippen LogP contribution in [0.5, 0.6) is 0 Å². The van der Waals surface area contributed by atoms with E-state index >= 15 is 0 Å². The lowest BCUT2D eigenvalue weighted by Crippen LogP contribution is -2.59. The zero-order chi connectivity index (χ0) is 12.4. The van der Waals surface area contributed by atoms with E-state index in [0.29, 0.717) is 13.2 Å². The van der Waals surface area contributed by atoms with E-state index in [-0.39, 0.29) is 18.1 Å². The van der Waals surface area contributed by atoms with E-state index in [9.17, 15) is 4.79 Å². The largest absolute Gasteiger partial charge is 0.373 e. The van der Waals surface area contributed by atoms with E-state index < -0.39 is 0 Å². The fourth-order valence-corrected chi connectivity index (χ4v) is 2.81. The molecular formula is C14H18N2O2. The summed E-state index contributed by atoms with van der Waals surface area (Å²) in [6.07, 6.45) is 1.13. The topological polar surface area (TPSA) is 41.6 Å². The molecule has 2 aliphatic rings. The van der Waals surface area contributed by atoms with Crippen LogP contribution in [0.3, 0.4) is 0 Å². The van der Waals surface area contributed by atoms with Crippen molar-refractivity contribution in [2.45, 2.75) is 18.6 Å². The molecule has 1 amide bonds. The zero-order valence-electron chi connectivity index (χ0n) is 10.3. The normalized spacial score (nSPS) is 27.7. The van der Waals surface area contributed by atoms with Crippen LogP contribution in [-0.4, -0.2) is 49.2 Å². The van der Waals surface area contributed by atoms with E-state index in [0.717, 1.165) is 25.1 Å². The molecule has 1 unspecified atom stereocenters. The van der Waals surface area contributed by atoms with Gasteiger partial charge in [-0.3, -0.25) is 4.79 Å². The summed E-state index contributed by atoms with van der Waals surface area (Å²) in [5.74, 6) is 0.135. The number of hydrogen-bond acceptors (Lipinski definition) is 3. The molecule has 0 saturated carbocycles. The predicted molar refractivity (Wildman–Crippen MR) is 68.5 cm³/mol. The van der Waals surface area contributed by atoms with Crippen LogP contribution in [0, 0.1) is 0 Å². The second-order valence-corrected chi connectivity index (χ2v) is 4.83. The molecule has 4 heteroatoms. The summed E-state index contributed by atoms with van der Waals surface area (Å²) in [5.41, 5.74) is 0.775. The molecule has 96 valence electrons. The maximum Gasteiger partial charge on any atom is 0.254 e. The Bertz CT molecular complexity index is 419. The van der Waals surface area contributed by atoms with Crippen LogP contribution >= 0.6 is 0 Å². The standard InChI is InChI=1S/C14H18N2O2/c17-14(11-4-2-1-3-5-11)16-8-9-18-13-10-15-7-6-12(13)16/h1-5,12-13,15H,6-10H2/t12-,13?/m1/s1. The van der Waals surface area contributed by atoms with Crippen LogP contribution < -0.4 is 5.32 Å². The third-order valence-electron chi connectivity index (χ3n) is 3.74. The Balaban J connectivity index is 1.80. The van der Waals surface area contributed by atoms with Crippen LogP contribution in [-0.2, 0) is 4.74 Å². The quantitative estimate of drug-likeness (QED) is 0.800. The summed E-state index contributed by atoms with van der Waals surface area (Å²) in [7, 11) is 0. The number of hydrogen-bond donors (Lipinski definition) is 1. The highest BCUT2D eigenvalue weighted by molar-refractivity contribution is 5.94. The summed E-state index contributed by atoms with van der Waals surface area (Å²) in [6.45, 7) is 3.16. The molecule has 1 aromatic rings. The highest BCUT2D eigenvalue weighted by Gasteiger charge is 2.36. The number of carbonyl (C=O) groups is 1. The molecule has 2 atom stereocenters. The van der Waals surface area contributed by atoms with Gasteiger partial charge in [0.15, 0.2) is 0 Å². The number of benzene rings is 1. The Morgan fingerprint density at radius 3 is 3.00 bits per heavy atom. The lowest BCUT2D eigenvalue weighted by molar-refractivity contribution is -0.0685. The summed E-state index contributed by atoms with van der Waals surface area (Å²) in [4.78, 5) is 14.5. The Kier molecular flexibility index (Phi) is 3.30. The Labute approximate surface area is 107 Å². The Morgan fingerprint density at radius 2 is 2.17 bits per heavy atom. The second kappa shape index (κ2) is 5.08. The SMILES string of the molecule is O=C(c1ccccc1)N1CCOC2CNCC[C@H]21. The van der Waals surface area contributed by atoms with E-state index in [2.05, 4.69) is 5.32 Å². The molecule has 0 aliphatic carbocycles. The van der Waals surface area contributed by atoms with Gasteiger partial charge in [0, 0.05) is 18.7 Å². The maximum atomic E-state index is 12.5. The molecular weight excluding hydrogens is 228 g/mol. The van der Waals surface area contributed by atoms with Crippen molar-refractivity contribution in [1.82, 2.24) is 10.2 Å². The first kappa shape index (κ1) is 11.7. The Hall–Kier alpha value is -1.39. The van der Waals surface area contributed by atoms with Gasteiger partial charge in [-0.05, 0) is 25.1 Å². The Morgan fingerprint density at radius 1 is 1.33 bits per heavy atom. The molecule has 2 heterocycles. The molecule has 1 aromatic carbocycles. The maximum absolute atomic E-state index is 12.5. The molecule has 0 spiro atoms. The highest BCUT2D eigenvalue weighted by Crippen LogP contribution is 2.21. The monoisotopic (exact) mass is 246 g/mol. The van der Waals surface area contributed by atoms with Crippen LogP contribution in [0.15, 0.2) is 30.3 Å². The molecule has 0 radical (unpaired) electrons. The van der Waals surface area contributed by atoms with Crippen molar-refractivity contribution in [3.05, 3.63) is 35.9 Å². The smallest absolute Gasteiger partial charge is 0.254 e. The van der Waals surface area contributed by atoms with Crippen molar-refractivity contribution < 1.29 is 9.53 Å². The van der Waals surface area contributed by atoms with Crippen molar-refractivity contribution >= 4 is 5.91 Å². The molecule has 0 aromatic heterocycles. The molecule has 2 aliphatic heterocycles. The van der Waals surface area contributed by atoms with Crippen molar-refractivity contribution in [2.24, 2.45) is 0 Å². The van der Waals surface area contributed by atoms with Gasteiger partial charge in [0.25, 0.3) is 5.91 Å². The van der Waals surface area contributed by atoms with Gasteiger partial charge in [-0.1, -0.05) is 18.2 Å². The van der Waals surface area contributed by atoms with Crippen molar-refractivity contribution in [3.63, 3.8) is 0 Å². The fraction of sp³-hybridized carbons (Fsp3) is 0.500. The molecule has 2 saturated heterocycles. The number of carbonyl (C=O) groups excluding carboxylic acids is 1. The van der Waals surface area contributed by atoms with Crippen LogP contribution in [0.1, 0.15) is 16.8 Å². The minimum absolute atomic E-state index is 0.135. The number of fused-ring (bicyclic) bond motifs is 1. The summed E-state index contributed by atoms with van der Waals surface area (Å²) in [5, 5.41) is 3.32. The van der Waals surface area contributed by atoms with Gasteiger partial charge in [0.2, 0.25) is 0 Å². The first-order valence-electron chi connectivity index (χ1n) is 6.54. The van der Waals surface area contributed by atoms with Crippen LogP contribution in [0.25, 0.3) is 0 Å². The van der Waals surface area contributed by atoms with Gasteiger partial charge in [-0.25, -0.2) is 0 Å². The number of ether oxygens (including phenoxy) is 1. The minimum Gasteiger partial charge on any atom is -0.373 e. The molecule has 0 bridgehead atoms. The summed E-state index contributed by atoms with van der Waals surface area (Å²) < 4.78 is 5.74. The molecule has 3 rings (SSSR count). The molecule has 18 heavy (non-hydrogen) atoms. The molecule has 2 fully saturated rings. The first-order chi connectivity index (χ1) is 8.86. The van der Waals surface area contributed by atoms with E-state index in [4.69, 9.17) is 4.74 Å². The number of nitrogens with one attached hydrogen (secondary N) is 1. The average Bonchev–Trinajstić information content (AvgIpc) is 2.47. The number of rotatable bonds is 1. The van der Waals surface area contributed by atoms with Gasteiger partial charge in [-0.2, -0.15) is 0 Å². The number of piperidine rings is 1. The van der Waals surface area contributed by atoms with E-state index in [1.54, 1.807) is 0 Å². The third kappa shape index (κ3) is 2.13. The van der Waals surface area contributed by atoms with Gasteiger partial charge in [0.1, 0.15) is 0 Å². The molecule has 4 nitrogen and oxygen atoms in total. The number of morpholine rings is 1. The predicted octanol–water partition coefficient (Wildman–Crippen LogP) is 0.889. The highest BCUT2D eigenvalue weighted by atomic mass is 16.5. The fourth-order valence-electron chi connectivity index (χ4n) is 2.81. The van der Waals surface area contributed by atoms with Crippen molar-refractivity contribution in [1.29, 1.82) is 0 Å². The third-order valence-corrected chi connectivity index (χ3v) is 3.74. The first-order valence-corrected chi connectivity index (χ1v) is 6.54. The number of nitrogens with zero attached hydrogens (tertiary/aromatic N) is 1. The van der Waals surface area contributed by atoms with E-state index in [1.807, 2.05) is 35.2 Å².